The Morgan fingerprint density at radius 1 is 1.04 bits per heavy atom. The van der Waals surface area contributed by atoms with Gasteiger partial charge in [-0.15, -0.1) is 11.3 Å². The number of methoxy groups -OCH3 is 3. The van der Waals surface area contributed by atoms with Crippen LogP contribution in [0.3, 0.4) is 0 Å². The lowest BCUT2D eigenvalue weighted by Gasteiger charge is -2.37. The summed E-state index contributed by atoms with van der Waals surface area (Å²) in [6, 6.07) is 0. The highest BCUT2D eigenvalue weighted by Crippen LogP contribution is 2.62. The van der Waals surface area contributed by atoms with E-state index in [1.807, 2.05) is 13.8 Å². The molecule has 10 heteroatoms. The van der Waals surface area contributed by atoms with Gasteiger partial charge >= 0.3 is 5.97 Å². The highest BCUT2D eigenvalue weighted by molar-refractivity contribution is 7.11. The van der Waals surface area contributed by atoms with E-state index in [0.29, 0.717) is 6.61 Å². The first-order chi connectivity index (χ1) is 22.1. The Hall–Kier alpha value is -1.69. The number of rotatable bonds is 11. The molecule has 0 aromatic carbocycles. The van der Waals surface area contributed by atoms with Crippen LogP contribution in [0.1, 0.15) is 106 Å². The quantitative estimate of drug-likeness (QED) is 0.194. The summed E-state index contributed by atoms with van der Waals surface area (Å²) in [4.78, 5) is 33.9. The Balaban J connectivity index is 1.46. The largest absolute Gasteiger partial charge is 0.462 e. The molecule has 1 aromatic rings. The van der Waals surface area contributed by atoms with Crippen molar-refractivity contribution in [2.45, 2.75) is 135 Å². The molecule has 1 aromatic heterocycles. The molecule has 12 atom stereocenters. The SMILES string of the molecule is CC[C@H]1CCCC[C@@H](C)C(=O)C2=CC3[C@@H](c4sc(C)nc4[C@@H]4C[C@@H](OC(OC(C)[C@@H](C)OC)[C@H](COC)OC)C[C@@H]34)[C@@H]2CC(=O)O1. The average Bonchev–Trinajstić information content (AvgIpc) is 3.74. The predicted octanol–water partition coefficient (Wildman–Crippen LogP) is 6.52. The summed E-state index contributed by atoms with van der Waals surface area (Å²) in [5.74, 6) is 0.352. The summed E-state index contributed by atoms with van der Waals surface area (Å²) in [6.07, 6.45) is 6.99. The lowest BCUT2D eigenvalue weighted by Crippen LogP contribution is -2.43. The molecule has 0 spiro atoms. The fraction of sp³-hybridized carbons (Fsp3) is 0.806. The van der Waals surface area contributed by atoms with Gasteiger partial charge in [0.2, 0.25) is 0 Å². The van der Waals surface area contributed by atoms with Gasteiger partial charge in [-0.1, -0.05) is 26.3 Å². The number of aromatic nitrogens is 1. The van der Waals surface area contributed by atoms with Crippen LogP contribution in [0, 0.1) is 30.6 Å². The summed E-state index contributed by atoms with van der Waals surface area (Å²) >= 11 is 1.73. The van der Waals surface area contributed by atoms with E-state index in [1.54, 1.807) is 32.7 Å². The summed E-state index contributed by atoms with van der Waals surface area (Å²) in [7, 11) is 4.97. The number of ketones is 1. The van der Waals surface area contributed by atoms with Gasteiger partial charge in [-0.3, -0.25) is 9.59 Å². The third kappa shape index (κ3) is 7.47. The van der Waals surface area contributed by atoms with Crippen molar-refractivity contribution in [3.05, 3.63) is 27.2 Å². The van der Waals surface area contributed by atoms with Gasteiger partial charge in [-0.05, 0) is 76.7 Å². The molecule has 0 N–H and O–H groups in total. The van der Waals surface area contributed by atoms with Gasteiger partial charge in [0, 0.05) is 49.9 Å². The van der Waals surface area contributed by atoms with E-state index < -0.39 is 12.4 Å². The van der Waals surface area contributed by atoms with E-state index in [2.05, 4.69) is 26.8 Å². The standard InChI is InChI=1S/C36H55NO8S/c1-9-23-13-11-10-12-19(2)34(39)29-16-26-25-14-24(45-36(30(42-8)18-40-6)43-21(4)20(3)41-7)15-28(25)33-35(46-22(5)37-33)32(26)27(29)17-31(38)44-23/h16,19-21,23-28,30,32,36H,9-15,17-18H2,1-8H3/t19-,20-,21?,23+,24+,25+,26?,27-,28-,30+,32-,36?/m1/s1. The minimum atomic E-state index is -0.643. The van der Waals surface area contributed by atoms with Crippen LogP contribution < -0.4 is 0 Å². The number of carbonyl (C=O) groups excluding carboxylic acids is 2. The molecule has 3 aliphatic carbocycles. The van der Waals surface area contributed by atoms with Crippen molar-refractivity contribution in [1.29, 1.82) is 0 Å². The molecule has 46 heavy (non-hydrogen) atoms. The van der Waals surface area contributed by atoms with Gasteiger partial charge in [0.05, 0.1) is 42.0 Å². The van der Waals surface area contributed by atoms with Crippen molar-refractivity contribution in [1.82, 2.24) is 4.98 Å². The first kappa shape index (κ1) is 35.6. The number of esters is 1. The molecule has 258 valence electrons. The summed E-state index contributed by atoms with van der Waals surface area (Å²) < 4.78 is 36.0. The van der Waals surface area contributed by atoms with Gasteiger partial charge in [-0.25, -0.2) is 4.98 Å². The third-order valence-corrected chi connectivity index (χ3v) is 12.1. The van der Waals surface area contributed by atoms with Crippen molar-refractivity contribution in [2.75, 3.05) is 27.9 Å². The number of ether oxygens (including phenoxy) is 6. The van der Waals surface area contributed by atoms with Crippen LogP contribution in [0.4, 0.5) is 0 Å². The molecule has 0 bridgehead atoms. The van der Waals surface area contributed by atoms with Gasteiger partial charge in [0.15, 0.2) is 12.1 Å². The van der Waals surface area contributed by atoms with Crippen molar-refractivity contribution >= 4 is 23.1 Å². The van der Waals surface area contributed by atoms with E-state index in [1.165, 1.54) is 4.88 Å². The number of Topliss-reactive ketones (excluding diaryl/α,β-unsaturated/α-hetero) is 1. The smallest absolute Gasteiger partial charge is 0.306 e. The topological polar surface area (TPSA) is 102 Å². The Bertz CT molecular complexity index is 1230. The zero-order valence-electron chi connectivity index (χ0n) is 29.0. The molecular formula is C36H55NO8S. The van der Waals surface area contributed by atoms with Crippen molar-refractivity contribution in [2.24, 2.45) is 23.7 Å². The number of fused-ring (bicyclic) bond motifs is 8. The number of nitrogens with zero attached hydrogens (tertiary/aromatic N) is 1. The molecular weight excluding hydrogens is 606 g/mol. The van der Waals surface area contributed by atoms with Gasteiger partial charge in [0.1, 0.15) is 12.2 Å². The molecule has 1 saturated heterocycles. The summed E-state index contributed by atoms with van der Waals surface area (Å²) in [5.41, 5.74) is 1.96. The lowest BCUT2D eigenvalue weighted by atomic mass is 9.68. The van der Waals surface area contributed by atoms with Crippen molar-refractivity contribution in [3.63, 3.8) is 0 Å². The van der Waals surface area contributed by atoms with Crippen LogP contribution >= 0.6 is 11.3 Å². The van der Waals surface area contributed by atoms with Gasteiger partial charge in [-0.2, -0.15) is 0 Å². The number of cyclic esters (lactones) is 1. The van der Waals surface area contributed by atoms with E-state index in [-0.39, 0.29) is 78.1 Å². The number of carbonyl (C=O) groups is 2. The van der Waals surface area contributed by atoms with Crippen molar-refractivity contribution in [3.8, 4) is 0 Å². The monoisotopic (exact) mass is 661 g/mol. The van der Waals surface area contributed by atoms with Crippen LogP contribution in [0.15, 0.2) is 11.6 Å². The molecule has 2 heterocycles. The zero-order valence-corrected chi connectivity index (χ0v) is 29.8. The Morgan fingerprint density at radius 2 is 1.80 bits per heavy atom. The van der Waals surface area contributed by atoms with Crippen molar-refractivity contribution < 1.29 is 38.0 Å². The number of allylic oxidation sites excluding steroid dienone is 2. The van der Waals surface area contributed by atoms with E-state index in [4.69, 9.17) is 33.4 Å². The lowest BCUT2D eigenvalue weighted by molar-refractivity contribution is -0.255. The highest BCUT2D eigenvalue weighted by atomic mass is 32.1. The Kier molecular flexibility index (Phi) is 12.1. The highest BCUT2D eigenvalue weighted by Gasteiger charge is 2.55. The minimum Gasteiger partial charge on any atom is -0.462 e. The average molecular weight is 662 g/mol. The van der Waals surface area contributed by atoms with Crippen LogP contribution in [0.25, 0.3) is 0 Å². The Labute approximate surface area is 279 Å². The predicted molar refractivity (Wildman–Crippen MR) is 176 cm³/mol. The first-order valence-electron chi connectivity index (χ1n) is 17.4. The maximum absolute atomic E-state index is 14.1. The molecule has 4 aliphatic rings. The first-order valence-corrected chi connectivity index (χ1v) is 18.2. The van der Waals surface area contributed by atoms with Gasteiger partial charge < -0.3 is 28.4 Å². The molecule has 1 aliphatic heterocycles. The van der Waals surface area contributed by atoms with Gasteiger partial charge in [0.25, 0.3) is 0 Å². The van der Waals surface area contributed by atoms with Crippen LogP contribution in [-0.4, -0.2) is 81.5 Å². The number of hydrogen-bond donors (Lipinski definition) is 0. The molecule has 3 unspecified atom stereocenters. The number of aryl methyl sites for hydroxylation is 1. The van der Waals surface area contributed by atoms with E-state index in [9.17, 15) is 9.59 Å². The van der Waals surface area contributed by atoms with Crippen LogP contribution in [-0.2, 0) is 38.0 Å². The van der Waals surface area contributed by atoms with E-state index in [0.717, 1.165) is 61.2 Å². The molecule has 5 rings (SSSR count). The maximum Gasteiger partial charge on any atom is 0.306 e. The second kappa shape index (κ2) is 15.7. The second-order valence-corrected chi connectivity index (χ2v) is 15.2. The Morgan fingerprint density at radius 3 is 2.50 bits per heavy atom. The van der Waals surface area contributed by atoms with Crippen LogP contribution in [0.5, 0.6) is 0 Å². The zero-order chi connectivity index (χ0) is 33.1. The second-order valence-electron chi connectivity index (χ2n) is 14.0. The minimum absolute atomic E-state index is 0.0396. The molecule has 0 amide bonds. The molecule has 9 nitrogen and oxygen atoms in total. The molecule has 0 radical (unpaired) electrons. The summed E-state index contributed by atoms with van der Waals surface area (Å²) in [6.45, 7) is 10.5. The maximum atomic E-state index is 14.1. The third-order valence-electron chi connectivity index (χ3n) is 11.1. The number of thiazole rings is 1. The fourth-order valence-electron chi connectivity index (χ4n) is 8.31. The summed E-state index contributed by atoms with van der Waals surface area (Å²) in [5, 5.41) is 1.02. The fourth-order valence-corrected chi connectivity index (χ4v) is 9.53. The van der Waals surface area contributed by atoms with Crippen LogP contribution in [0.2, 0.25) is 0 Å². The number of hydrogen-bond acceptors (Lipinski definition) is 10. The van der Waals surface area contributed by atoms with E-state index >= 15 is 0 Å². The molecule has 1 saturated carbocycles. The molecule has 2 fully saturated rings. The normalized spacial score (nSPS) is 34.1.